The number of anilines is 4. The number of allylic oxidation sites excluding steroid dienone is 1. The van der Waals surface area contributed by atoms with Crippen LogP contribution < -0.4 is 35.5 Å². The van der Waals surface area contributed by atoms with Gasteiger partial charge >= 0.3 is 143 Å². The van der Waals surface area contributed by atoms with Crippen molar-refractivity contribution in [3.63, 3.8) is 0 Å². The summed E-state index contributed by atoms with van der Waals surface area (Å²) in [5, 5.41) is 4.31. The Morgan fingerprint density at radius 1 is 0.404 bits per heavy atom. The summed E-state index contributed by atoms with van der Waals surface area (Å²) in [6, 6.07) is 65.2. The fourth-order valence-electron chi connectivity index (χ4n) is 17.3. The minimum Gasteiger partial charge on any atom is -0.0620 e. The standard InChI is InChI=1S/C27H39N2.C21H27N2.C18H33P.C18H15P.C7H6.C6H10.4ClH.2Ru/c1-18(2)22-11-9-12-23(19(3)4)26(22)28-15-16-29(17-28)27-24(20(5)6)13-10-14-25(27)21(7)8;1-14-9-16(3)20(17(4)10-14)22-7-8-23(13-22)21-18(5)11-15(2)12-19(21)6;2*1-4-10-16(11-5-1)19(17-12-6-2-7-13-17)18-14-8-3-9-15-18;1-7-5-3-2-4-6-7;1-3-5-6-4-2;;;;;;/h9-14,17-21H,15-16H2,1-8H3;9-13H,7-8H2,1-6H3;16-18H,1-15H2;1-15H;1-6H;4H,3,5-6H2,1H3;4*1H;;/q2*-1;;;;;;;;;2*+2/p-2. The van der Waals surface area contributed by atoms with Crippen molar-refractivity contribution in [2.45, 2.75) is 260 Å². The summed E-state index contributed by atoms with van der Waals surface area (Å²) in [6.45, 7) is 42.6. The largest absolute Gasteiger partial charge is 0.102 e. The van der Waals surface area contributed by atoms with Crippen molar-refractivity contribution in [3.8, 4) is 0 Å². The number of rotatable bonds is 18. The van der Waals surface area contributed by atoms with Crippen molar-refractivity contribution in [2.24, 2.45) is 0 Å². The average molecular weight is 1760 g/mol. The number of halogens is 4. The maximum atomic E-state index is 5.67. The van der Waals surface area contributed by atoms with E-state index in [0.717, 1.165) is 38.2 Å². The zero-order valence-corrected chi connectivity index (χ0v) is 77.2. The van der Waals surface area contributed by atoms with E-state index in [1.165, 1.54) is 124 Å². The van der Waals surface area contributed by atoms with E-state index in [-0.39, 0.29) is 7.92 Å². The second kappa shape index (κ2) is 47.6. The predicted molar refractivity (Wildman–Crippen MR) is 488 cm³/mol. The van der Waals surface area contributed by atoms with Gasteiger partial charge in [-0.05, 0) is 223 Å². The van der Waals surface area contributed by atoms with Gasteiger partial charge in [0.15, 0.2) is 0 Å². The van der Waals surface area contributed by atoms with E-state index in [9.17, 15) is 0 Å². The van der Waals surface area contributed by atoms with Gasteiger partial charge in [-0.2, -0.15) is 13.3 Å². The van der Waals surface area contributed by atoms with Crippen LogP contribution in [0.1, 0.15) is 263 Å². The number of hydrogen-bond donors (Lipinski definition) is 0. The number of hydrogen-bond acceptors (Lipinski definition) is 4. The molecule has 4 nitrogen and oxygen atoms in total. The summed E-state index contributed by atoms with van der Waals surface area (Å²) in [6.07, 6.45) is 29.3. The third kappa shape index (κ3) is 28.0. The smallest absolute Gasteiger partial charge is 0.0620 e. The van der Waals surface area contributed by atoms with Gasteiger partial charge in [0.05, 0.1) is 24.9 Å². The zero-order valence-electron chi connectivity index (χ0n) is 68.7. The van der Waals surface area contributed by atoms with Gasteiger partial charge in [-0.15, -0.1) is 0 Å². The third-order valence-electron chi connectivity index (χ3n) is 22.1. The van der Waals surface area contributed by atoms with Crippen LogP contribution in [0.25, 0.3) is 0 Å². The maximum Gasteiger partial charge on any atom is 0.102 e. The van der Waals surface area contributed by atoms with Gasteiger partial charge in [0, 0.05) is 56.9 Å². The topological polar surface area (TPSA) is 13.0 Å². The van der Waals surface area contributed by atoms with E-state index in [1.807, 2.05) is 41.0 Å². The Labute approximate surface area is 691 Å². The molecule has 8 aromatic carbocycles. The van der Waals surface area contributed by atoms with Crippen LogP contribution >= 0.6 is 54.6 Å². The van der Waals surface area contributed by atoms with E-state index >= 15 is 0 Å². The van der Waals surface area contributed by atoms with E-state index in [1.54, 1.807) is 96.3 Å². The van der Waals surface area contributed by atoms with Gasteiger partial charge in [-0.1, -0.05) is 201 Å². The van der Waals surface area contributed by atoms with Crippen LogP contribution in [0.15, 0.2) is 188 Å². The number of benzene rings is 8. The maximum absolute atomic E-state index is 5.67. The Balaban J connectivity index is 0.000000171. The fraction of sp³-hybridized carbons (Fsp3) is 0.454. The molecule has 5 fully saturated rings. The molecule has 0 N–H and O–H groups in total. The summed E-state index contributed by atoms with van der Waals surface area (Å²) < 4.78 is 4.85. The molecule has 0 spiro atoms. The number of nitrogens with zero attached hydrogens (tertiary/aromatic N) is 4. The molecule has 2 aliphatic heterocycles. The minimum absolute atomic E-state index is 0.0465. The number of unbranched alkanes of at least 4 members (excludes halogenated alkanes) is 2. The van der Waals surface area contributed by atoms with Crippen LogP contribution in [0.2, 0.25) is 0 Å². The summed E-state index contributed by atoms with van der Waals surface area (Å²) >= 11 is -3.22. The molecular formula is C97H132Cl4N4P2Ru2. The van der Waals surface area contributed by atoms with Crippen molar-refractivity contribution in [1.29, 1.82) is 0 Å². The van der Waals surface area contributed by atoms with E-state index in [2.05, 4.69) is 293 Å². The molecule has 12 heteroatoms. The Kier molecular flexibility index (Phi) is 39.4. The molecule has 2 heterocycles. The molecule has 3 saturated carbocycles. The third-order valence-corrected chi connectivity index (χ3v) is 32.9. The van der Waals surface area contributed by atoms with Gasteiger partial charge in [0.2, 0.25) is 0 Å². The Hall–Kier alpha value is -4.25. The first kappa shape index (κ1) is 90.3. The molecule has 8 aromatic rings. The van der Waals surface area contributed by atoms with Crippen molar-refractivity contribution < 1.29 is 27.0 Å². The molecule has 3 aliphatic carbocycles. The SMILES string of the molecule is C1CCC([PH+](C2CCCCC2)C2CCCCC2)CC1.CC(C)c1cccc(C(C)C)c1N1[CH-]N(c2c(C(C)C)cccc2C(C)C)CC1.CCCCC=[C]=[Ru]([Cl])[Cl].Cc1cc(C)c(N2[CH-]N(c3c(C)cc(C)cc3C)CC2)c(C)c1.[Cl][Ru]([Cl])=[CH]c1ccccc1.c1ccc([PH+](c2ccccc2)c2ccccc2)cc1. The molecule has 594 valence electrons. The molecule has 0 atom stereocenters. The molecule has 0 radical (unpaired) electrons. The van der Waals surface area contributed by atoms with Crippen LogP contribution in [-0.4, -0.2) is 52.0 Å². The van der Waals surface area contributed by atoms with Crippen molar-refractivity contribution >= 4 is 102 Å². The Morgan fingerprint density at radius 2 is 0.697 bits per heavy atom. The molecule has 0 amide bonds. The summed E-state index contributed by atoms with van der Waals surface area (Å²) in [4.78, 5) is 9.82. The van der Waals surface area contributed by atoms with Crippen molar-refractivity contribution in [2.75, 3.05) is 45.8 Å². The van der Waals surface area contributed by atoms with Crippen LogP contribution in [0.5, 0.6) is 0 Å². The number of para-hydroxylation sites is 2. The molecular weight excluding hydrogens is 1630 g/mol. The van der Waals surface area contributed by atoms with E-state index < -0.39 is 35.0 Å². The summed E-state index contributed by atoms with van der Waals surface area (Å²) in [7, 11) is 21.5. The fourth-order valence-corrected chi connectivity index (χ4v) is 28.1. The summed E-state index contributed by atoms with van der Waals surface area (Å²) in [5.74, 6) is 2.06. The molecule has 5 aliphatic rings. The Morgan fingerprint density at radius 3 is 0.972 bits per heavy atom. The van der Waals surface area contributed by atoms with Gasteiger partial charge in [-0.3, -0.25) is 0 Å². The van der Waals surface area contributed by atoms with Crippen LogP contribution in [0.4, 0.5) is 22.7 Å². The Bertz CT molecular complexity index is 3710. The number of aryl methyl sites for hydroxylation is 6. The van der Waals surface area contributed by atoms with E-state index in [0.29, 0.717) is 23.7 Å². The normalized spacial score (nSPS) is 15.8. The second-order valence-electron chi connectivity index (χ2n) is 32.0. The van der Waals surface area contributed by atoms with Crippen LogP contribution in [0, 0.1) is 54.9 Å². The molecule has 0 bridgehead atoms. The van der Waals surface area contributed by atoms with Crippen LogP contribution in [0.3, 0.4) is 0 Å². The minimum atomic E-state index is -1.61. The first-order valence-electron chi connectivity index (χ1n) is 41.1. The zero-order chi connectivity index (χ0) is 78.4. The van der Waals surface area contributed by atoms with Crippen LogP contribution in [-0.2, 0) is 27.0 Å². The van der Waals surface area contributed by atoms with Gasteiger partial charge < -0.3 is 19.6 Å². The molecule has 0 unspecified atom stereocenters. The summed E-state index contributed by atoms with van der Waals surface area (Å²) in [5.41, 5.74) is 24.3. The van der Waals surface area contributed by atoms with Crippen molar-refractivity contribution in [3.05, 3.63) is 263 Å². The predicted octanol–water partition coefficient (Wildman–Crippen LogP) is 27.8. The quantitative estimate of drug-likeness (QED) is 0.0367. The molecule has 13 rings (SSSR count). The van der Waals surface area contributed by atoms with Gasteiger partial charge in [-0.25, -0.2) is 0 Å². The monoisotopic (exact) mass is 1760 g/mol. The second-order valence-corrected chi connectivity index (χ2v) is 49.1. The first-order valence-corrected chi connectivity index (χ1v) is 55.1. The molecule has 2 saturated heterocycles. The molecule has 0 aromatic heterocycles. The van der Waals surface area contributed by atoms with E-state index in [4.69, 9.17) is 38.8 Å². The average Bonchev–Trinajstić information content (AvgIpc) is 1.66. The van der Waals surface area contributed by atoms with Crippen molar-refractivity contribution in [1.82, 2.24) is 0 Å². The van der Waals surface area contributed by atoms with Gasteiger partial charge in [0.25, 0.3) is 0 Å². The molecule has 109 heavy (non-hydrogen) atoms. The van der Waals surface area contributed by atoms with Gasteiger partial charge in [0.1, 0.15) is 15.9 Å². The first-order chi connectivity index (χ1) is 52.5.